The topological polar surface area (TPSA) is 48.5 Å². The maximum absolute atomic E-state index is 11.5. The van der Waals surface area contributed by atoms with Crippen molar-refractivity contribution in [3.05, 3.63) is 273 Å². The summed E-state index contributed by atoms with van der Waals surface area (Å²) in [4.78, 5) is 16.8. The Morgan fingerprint density at radius 1 is 0.276 bits per heavy atom. The van der Waals surface area contributed by atoms with Gasteiger partial charge in [0.25, 0.3) is 0 Å². The zero-order valence-electron chi connectivity index (χ0n) is 44.0. The SMILES string of the molecule is [2H]c1c(-c2nc(-n3c4ccccc4c4ccccc43)nc(-n3c4ccccc4c4ccccc43)n2)c([2H])c([Si]2(c3ccccc3)c3ccccc3-c3ccccc32)c([2H])c1[Si]1(c2ccccc2)c2ccccc2-c2ccccc21. The van der Waals surface area contributed by atoms with E-state index in [1.807, 2.05) is 36.4 Å². The van der Waals surface area contributed by atoms with Gasteiger partial charge in [-0.15, -0.1) is 0 Å². The second-order valence-corrected chi connectivity index (χ2v) is 27.2. The van der Waals surface area contributed by atoms with Crippen molar-refractivity contribution in [2.75, 3.05) is 0 Å². The van der Waals surface area contributed by atoms with E-state index >= 15 is 0 Å². The Kier molecular flexibility index (Phi) is 8.66. The predicted octanol–water partition coefficient (Wildman–Crippen LogP) is 10.4. The van der Waals surface area contributed by atoms with Crippen molar-refractivity contribution in [3.63, 3.8) is 0 Å². The molecule has 16 rings (SSSR count). The van der Waals surface area contributed by atoms with E-state index < -0.39 is 16.1 Å². The molecule has 11 aromatic carbocycles. The Balaban J connectivity index is 1.13. The fraction of sp³-hybridized carbons (Fsp3) is 0. The lowest BCUT2D eigenvalue weighted by Gasteiger charge is -2.35. The van der Waals surface area contributed by atoms with Crippen molar-refractivity contribution in [3.8, 4) is 45.5 Å². The van der Waals surface area contributed by atoms with Gasteiger partial charge in [-0.1, -0.05) is 249 Å². The van der Waals surface area contributed by atoms with Crippen LogP contribution in [0.4, 0.5) is 0 Å². The molecular weight excluding hydrogens is 955 g/mol. The van der Waals surface area contributed by atoms with Crippen LogP contribution in [0.5, 0.6) is 0 Å². The summed E-state index contributed by atoms with van der Waals surface area (Å²) in [7, 11) is -7.40. The Morgan fingerprint density at radius 3 is 0.908 bits per heavy atom. The summed E-state index contributed by atoms with van der Waals surface area (Å²) in [6, 6.07) is 89.5. The number of para-hydroxylation sites is 4. The number of benzene rings is 11. The van der Waals surface area contributed by atoms with Gasteiger partial charge in [0.1, 0.15) is 0 Å². The first-order valence-corrected chi connectivity index (χ1v) is 29.9. The van der Waals surface area contributed by atoms with Gasteiger partial charge >= 0.3 is 0 Å². The highest BCUT2D eigenvalue weighted by atomic mass is 28.3. The van der Waals surface area contributed by atoms with Crippen molar-refractivity contribution in [1.29, 1.82) is 0 Å². The van der Waals surface area contributed by atoms with Crippen molar-refractivity contribution in [2.24, 2.45) is 0 Å². The molecule has 0 saturated heterocycles. The number of hydrogen-bond acceptors (Lipinski definition) is 3. The van der Waals surface area contributed by atoms with Crippen LogP contribution in [0.3, 0.4) is 0 Å². The minimum atomic E-state index is -3.70. The molecule has 14 aromatic rings. The maximum Gasteiger partial charge on any atom is 0.240 e. The van der Waals surface area contributed by atoms with Crippen LogP contribution in [0, 0.1) is 0 Å². The van der Waals surface area contributed by atoms with E-state index in [0.29, 0.717) is 22.3 Å². The Hall–Kier alpha value is -9.54. The molecule has 5 heterocycles. The molecule has 0 radical (unpaired) electrons. The van der Waals surface area contributed by atoms with E-state index in [1.165, 1.54) is 0 Å². The van der Waals surface area contributed by atoms with Crippen molar-refractivity contribution < 1.29 is 4.11 Å². The monoisotopic (exact) mass is 1000 g/mol. The quantitative estimate of drug-likeness (QED) is 0.150. The van der Waals surface area contributed by atoms with Crippen molar-refractivity contribution in [1.82, 2.24) is 24.1 Å². The lowest BCUT2D eigenvalue weighted by Crippen LogP contribution is -2.76. The molecule has 3 aromatic heterocycles. The molecule has 0 saturated carbocycles. The van der Waals surface area contributed by atoms with Crippen LogP contribution in [-0.2, 0) is 0 Å². The highest BCUT2D eigenvalue weighted by Crippen LogP contribution is 2.36. The molecule has 0 fully saturated rings. The highest BCUT2D eigenvalue weighted by molar-refractivity contribution is 7.24. The number of rotatable bonds is 7. The third-order valence-corrected chi connectivity index (χ3v) is 25.6. The van der Waals surface area contributed by atoms with E-state index in [1.54, 1.807) is 0 Å². The molecule has 7 heteroatoms. The first kappa shape index (κ1) is 39.9. The normalized spacial score (nSPS) is 14.3. The van der Waals surface area contributed by atoms with E-state index in [2.05, 4.69) is 228 Å². The number of aromatic nitrogens is 5. The predicted molar refractivity (Wildman–Crippen MR) is 319 cm³/mol. The summed E-state index contributed by atoms with van der Waals surface area (Å²) in [5.41, 5.74) is 8.31. The average molecular weight is 1000 g/mol. The van der Waals surface area contributed by atoms with Gasteiger partial charge in [0.15, 0.2) is 22.0 Å². The van der Waals surface area contributed by atoms with Crippen LogP contribution in [0.1, 0.15) is 4.11 Å². The van der Waals surface area contributed by atoms with Gasteiger partial charge in [0, 0.05) is 27.1 Å². The maximum atomic E-state index is 11.5. The van der Waals surface area contributed by atoms with E-state index in [0.717, 1.165) is 97.0 Å². The molecule has 0 aliphatic carbocycles. The molecule has 2 aliphatic rings. The second kappa shape index (κ2) is 16.5. The van der Waals surface area contributed by atoms with Crippen LogP contribution in [0.2, 0.25) is 0 Å². The summed E-state index contributed by atoms with van der Waals surface area (Å²) in [5, 5.41) is 11.9. The Bertz CT molecular complexity index is 4370. The molecular formula is C69H45N5Si2. The summed E-state index contributed by atoms with van der Waals surface area (Å²) in [5.74, 6) is 0.901. The second-order valence-electron chi connectivity index (χ2n) is 19.9. The van der Waals surface area contributed by atoms with Gasteiger partial charge in [0.05, 0.1) is 26.2 Å². The average Bonchev–Trinajstić information content (AvgIpc) is 2.89. The van der Waals surface area contributed by atoms with Gasteiger partial charge in [-0.2, -0.15) is 15.0 Å². The third-order valence-electron chi connectivity index (χ3n) is 16.2. The fourth-order valence-electron chi connectivity index (χ4n) is 13.2. The van der Waals surface area contributed by atoms with Gasteiger partial charge in [-0.05, 0) is 88.0 Å². The summed E-state index contributed by atoms with van der Waals surface area (Å²) in [6.45, 7) is 0. The molecule has 0 unspecified atom stereocenters. The zero-order valence-corrected chi connectivity index (χ0v) is 43.0. The molecule has 2 aliphatic heterocycles. The van der Waals surface area contributed by atoms with E-state index in [-0.39, 0.29) is 29.5 Å². The standard InChI is InChI=1S/C69H45N5Si2/c1-3-23-47(24-4-1)75(63-39-19-11-31-55(63)56-32-12-20-40-64(56)75)49-43-46(44-50(45-49)76(48-25-5-2-6-26-48)65-41-21-13-33-57(65)58-34-14-22-42-66(58)76)67-70-68(73-59-35-15-7-27-51(59)52-28-8-16-36-60(52)73)72-69(71-67)74-61-37-17-9-29-53(61)54-30-10-18-38-62(54)74/h1-45H/i43D,44D,45D. The van der Waals surface area contributed by atoms with Crippen LogP contribution >= 0.6 is 0 Å². The van der Waals surface area contributed by atoms with Crippen LogP contribution < -0.4 is 41.5 Å². The van der Waals surface area contributed by atoms with Gasteiger partial charge in [0.2, 0.25) is 11.9 Å². The van der Waals surface area contributed by atoms with Crippen molar-refractivity contribution in [2.45, 2.75) is 0 Å². The zero-order chi connectivity index (χ0) is 52.6. The van der Waals surface area contributed by atoms with Crippen molar-refractivity contribution >= 4 is 101 Å². The Labute approximate surface area is 445 Å². The first-order valence-electron chi connectivity index (χ1n) is 27.4. The van der Waals surface area contributed by atoms with Gasteiger partial charge in [-0.25, -0.2) is 0 Å². The minimum Gasteiger partial charge on any atom is -0.278 e. The number of nitrogens with zero attached hydrogens (tertiary/aromatic N) is 5. The van der Waals surface area contributed by atoms with E-state index in [4.69, 9.17) is 15.0 Å². The van der Waals surface area contributed by atoms with Crippen LogP contribution in [-0.4, -0.2) is 40.2 Å². The molecule has 0 bridgehead atoms. The molecule has 354 valence electrons. The lowest BCUT2D eigenvalue weighted by atomic mass is 10.1. The molecule has 0 amide bonds. The summed E-state index contributed by atoms with van der Waals surface area (Å²) < 4.78 is 38.3. The van der Waals surface area contributed by atoms with Crippen LogP contribution in [0.15, 0.2) is 273 Å². The van der Waals surface area contributed by atoms with Gasteiger partial charge in [-0.3, -0.25) is 9.13 Å². The Morgan fingerprint density at radius 2 is 0.566 bits per heavy atom. The molecule has 0 spiro atoms. The molecule has 5 nitrogen and oxygen atoms in total. The summed E-state index contributed by atoms with van der Waals surface area (Å²) in [6.07, 6.45) is 0. The van der Waals surface area contributed by atoms with Crippen LogP contribution in [0.25, 0.3) is 89.2 Å². The molecule has 0 N–H and O–H groups in total. The molecule has 0 atom stereocenters. The summed E-state index contributed by atoms with van der Waals surface area (Å²) >= 11 is 0. The minimum absolute atomic E-state index is 0.0742. The number of hydrogen-bond donors (Lipinski definition) is 0. The van der Waals surface area contributed by atoms with E-state index in [9.17, 15) is 4.11 Å². The van der Waals surface area contributed by atoms with Gasteiger partial charge < -0.3 is 0 Å². The first-order chi connectivity index (χ1) is 39.0. The lowest BCUT2D eigenvalue weighted by molar-refractivity contribution is 0.893. The number of fused-ring (bicyclic) bond motifs is 12. The molecule has 76 heavy (non-hydrogen) atoms. The largest absolute Gasteiger partial charge is 0.278 e. The fourth-order valence-corrected chi connectivity index (χ4v) is 23.3. The smallest absolute Gasteiger partial charge is 0.240 e. The highest BCUT2D eigenvalue weighted by Gasteiger charge is 2.52. The third kappa shape index (κ3) is 5.86.